The first-order chi connectivity index (χ1) is 14.6. The Bertz CT molecular complexity index is 826. The molecule has 0 bridgehead atoms. The van der Waals surface area contributed by atoms with Gasteiger partial charge in [0.1, 0.15) is 5.75 Å². The van der Waals surface area contributed by atoms with E-state index in [-0.39, 0.29) is 11.8 Å². The number of carbonyl (C=O) groups excluding carboxylic acids is 2. The molecule has 2 amide bonds. The SMILES string of the molecule is CCCCCC(=O)N1CCN(c2ccc(NC(=O)c3ccc(OC)cc3)cc2)CC1. The lowest BCUT2D eigenvalue weighted by Crippen LogP contribution is -2.48. The van der Waals surface area contributed by atoms with Crippen LogP contribution in [0, 0.1) is 0 Å². The number of carbonyl (C=O) groups is 2. The molecule has 1 aliphatic rings. The second-order valence-corrected chi connectivity index (χ2v) is 7.55. The van der Waals surface area contributed by atoms with Crippen molar-refractivity contribution < 1.29 is 14.3 Å². The van der Waals surface area contributed by atoms with Gasteiger partial charge in [-0.05, 0) is 55.0 Å². The minimum atomic E-state index is -0.152. The van der Waals surface area contributed by atoms with E-state index in [1.54, 1.807) is 31.4 Å². The number of piperazine rings is 1. The number of hydrogen-bond acceptors (Lipinski definition) is 4. The molecule has 0 aliphatic carbocycles. The van der Waals surface area contributed by atoms with Crippen LogP contribution in [-0.2, 0) is 4.79 Å². The maximum absolute atomic E-state index is 12.4. The number of rotatable bonds is 8. The second-order valence-electron chi connectivity index (χ2n) is 7.55. The molecule has 0 atom stereocenters. The first kappa shape index (κ1) is 21.7. The van der Waals surface area contributed by atoms with E-state index >= 15 is 0 Å². The van der Waals surface area contributed by atoms with Crippen LogP contribution in [0.5, 0.6) is 5.75 Å². The Morgan fingerprint density at radius 2 is 1.60 bits per heavy atom. The molecule has 0 unspecified atom stereocenters. The van der Waals surface area contributed by atoms with E-state index in [4.69, 9.17) is 4.74 Å². The summed E-state index contributed by atoms with van der Waals surface area (Å²) in [5.41, 5.74) is 2.44. The van der Waals surface area contributed by atoms with Crippen LogP contribution in [0.2, 0.25) is 0 Å². The van der Waals surface area contributed by atoms with Crippen molar-refractivity contribution in [2.24, 2.45) is 0 Å². The molecular weight excluding hydrogens is 378 g/mol. The molecule has 0 aromatic heterocycles. The number of nitrogens with zero attached hydrogens (tertiary/aromatic N) is 2. The van der Waals surface area contributed by atoms with Crippen molar-refractivity contribution >= 4 is 23.2 Å². The summed E-state index contributed by atoms with van der Waals surface area (Å²) in [5.74, 6) is 0.846. The lowest BCUT2D eigenvalue weighted by molar-refractivity contribution is -0.131. The molecule has 0 saturated carbocycles. The minimum absolute atomic E-state index is 0.152. The summed E-state index contributed by atoms with van der Waals surface area (Å²) in [7, 11) is 1.60. The van der Waals surface area contributed by atoms with E-state index in [1.165, 1.54) is 0 Å². The zero-order valence-electron chi connectivity index (χ0n) is 17.9. The first-order valence-corrected chi connectivity index (χ1v) is 10.7. The highest BCUT2D eigenvalue weighted by Crippen LogP contribution is 2.21. The van der Waals surface area contributed by atoms with E-state index < -0.39 is 0 Å². The number of nitrogens with one attached hydrogen (secondary N) is 1. The third kappa shape index (κ3) is 5.75. The lowest BCUT2D eigenvalue weighted by atomic mass is 10.1. The summed E-state index contributed by atoms with van der Waals surface area (Å²) >= 11 is 0. The van der Waals surface area contributed by atoms with Gasteiger partial charge >= 0.3 is 0 Å². The molecule has 160 valence electrons. The van der Waals surface area contributed by atoms with Gasteiger partial charge in [0.25, 0.3) is 5.91 Å². The van der Waals surface area contributed by atoms with Crippen molar-refractivity contribution in [3.8, 4) is 5.75 Å². The number of amides is 2. The van der Waals surface area contributed by atoms with Crippen molar-refractivity contribution in [2.45, 2.75) is 32.6 Å². The maximum atomic E-state index is 12.4. The molecule has 1 fully saturated rings. The Balaban J connectivity index is 1.50. The van der Waals surface area contributed by atoms with Crippen LogP contribution in [0.3, 0.4) is 0 Å². The largest absolute Gasteiger partial charge is 0.497 e. The highest BCUT2D eigenvalue weighted by molar-refractivity contribution is 6.04. The number of unbranched alkanes of at least 4 members (excludes halogenated alkanes) is 2. The van der Waals surface area contributed by atoms with Crippen LogP contribution >= 0.6 is 0 Å². The summed E-state index contributed by atoms with van der Waals surface area (Å²) in [5, 5.41) is 2.92. The molecule has 1 heterocycles. The van der Waals surface area contributed by atoms with E-state index in [1.807, 2.05) is 29.2 Å². The summed E-state index contributed by atoms with van der Waals surface area (Å²) in [4.78, 5) is 28.9. The summed E-state index contributed by atoms with van der Waals surface area (Å²) < 4.78 is 5.12. The predicted molar refractivity (Wildman–Crippen MR) is 120 cm³/mol. The Morgan fingerprint density at radius 3 is 2.20 bits per heavy atom. The van der Waals surface area contributed by atoms with E-state index in [0.717, 1.165) is 62.6 Å². The molecule has 6 nitrogen and oxygen atoms in total. The van der Waals surface area contributed by atoms with Crippen LogP contribution in [0.25, 0.3) is 0 Å². The summed E-state index contributed by atoms with van der Waals surface area (Å²) in [6, 6.07) is 14.9. The number of hydrogen-bond donors (Lipinski definition) is 1. The van der Waals surface area contributed by atoms with E-state index in [9.17, 15) is 9.59 Å². The molecule has 0 radical (unpaired) electrons. The lowest BCUT2D eigenvalue weighted by Gasteiger charge is -2.36. The third-order valence-corrected chi connectivity index (χ3v) is 5.47. The van der Waals surface area contributed by atoms with E-state index in [2.05, 4.69) is 17.1 Å². The zero-order chi connectivity index (χ0) is 21.3. The predicted octanol–water partition coefficient (Wildman–Crippen LogP) is 4.18. The topological polar surface area (TPSA) is 61.9 Å². The maximum Gasteiger partial charge on any atom is 0.255 e. The number of anilines is 2. The van der Waals surface area contributed by atoms with Gasteiger partial charge in [0.15, 0.2) is 0 Å². The Morgan fingerprint density at radius 1 is 0.933 bits per heavy atom. The highest BCUT2D eigenvalue weighted by Gasteiger charge is 2.20. The van der Waals surface area contributed by atoms with Crippen molar-refractivity contribution in [1.29, 1.82) is 0 Å². The molecule has 3 rings (SSSR count). The van der Waals surface area contributed by atoms with Gasteiger partial charge in [-0.3, -0.25) is 9.59 Å². The monoisotopic (exact) mass is 409 g/mol. The average molecular weight is 410 g/mol. The van der Waals surface area contributed by atoms with Gasteiger partial charge in [0, 0.05) is 49.5 Å². The molecule has 1 aliphatic heterocycles. The van der Waals surface area contributed by atoms with Gasteiger partial charge < -0.3 is 19.9 Å². The summed E-state index contributed by atoms with van der Waals surface area (Å²) in [6.45, 7) is 5.34. The molecular formula is C24H31N3O3. The van der Waals surface area contributed by atoms with Crippen LogP contribution in [0.1, 0.15) is 43.0 Å². The molecule has 2 aromatic carbocycles. The van der Waals surface area contributed by atoms with Gasteiger partial charge in [0.2, 0.25) is 5.91 Å². The fourth-order valence-corrected chi connectivity index (χ4v) is 3.60. The van der Waals surface area contributed by atoms with Crippen molar-refractivity contribution in [1.82, 2.24) is 4.90 Å². The fraction of sp³-hybridized carbons (Fsp3) is 0.417. The summed E-state index contributed by atoms with van der Waals surface area (Å²) in [6.07, 6.45) is 3.90. The van der Waals surface area contributed by atoms with Crippen molar-refractivity contribution in [3.63, 3.8) is 0 Å². The van der Waals surface area contributed by atoms with Gasteiger partial charge in [-0.25, -0.2) is 0 Å². The smallest absolute Gasteiger partial charge is 0.255 e. The number of ether oxygens (including phenoxy) is 1. The third-order valence-electron chi connectivity index (χ3n) is 5.47. The quantitative estimate of drug-likeness (QED) is 0.665. The first-order valence-electron chi connectivity index (χ1n) is 10.7. The fourth-order valence-electron chi connectivity index (χ4n) is 3.60. The van der Waals surface area contributed by atoms with Gasteiger partial charge in [0.05, 0.1) is 7.11 Å². The van der Waals surface area contributed by atoms with Gasteiger partial charge in [-0.15, -0.1) is 0 Å². The molecule has 0 spiro atoms. The van der Waals surface area contributed by atoms with Crippen LogP contribution in [-0.4, -0.2) is 50.0 Å². The Hall–Kier alpha value is -3.02. The standard InChI is InChI=1S/C24H31N3O3/c1-3-4-5-6-23(28)27-17-15-26(16-18-27)21-11-9-20(10-12-21)25-24(29)19-7-13-22(30-2)14-8-19/h7-14H,3-6,15-18H2,1-2H3,(H,25,29). The number of methoxy groups -OCH3 is 1. The normalized spacial score (nSPS) is 13.8. The number of benzene rings is 2. The molecule has 6 heteroatoms. The Kier molecular flexibility index (Phi) is 7.71. The highest BCUT2D eigenvalue weighted by atomic mass is 16.5. The molecule has 30 heavy (non-hydrogen) atoms. The molecule has 1 N–H and O–H groups in total. The molecule has 1 saturated heterocycles. The molecule has 2 aromatic rings. The van der Waals surface area contributed by atoms with Gasteiger partial charge in [-0.2, -0.15) is 0 Å². The Labute approximate surface area is 178 Å². The van der Waals surface area contributed by atoms with Crippen molar-refractivity contribution in [3.05, 3.63) is 54.1 Å². The average Bonchev–Trinajstić information content (AvgIpc) is 2.80. The van der Waals surface area contributed by atoms with E-state index in [0.29, 0.717) is 12.0 Å². The zero-order valence-corrected chi connectivity index (χ0v) is 17.9. The minimum Gasteiger partial charge on any atom is -0.497 e. The van der Waals surface area contributed by atoms with Crippen LogP contribution in [0.15, 0.2) is 48.5 Å². The second kappa shape index (κ2) is 10.7. The van der Waals surface area contributed by atoms with Crippen LogP contribution in [0.4, 0.5) is 11.4 Å². The van der Waals surface area contributed by atoms with Gasteiger partial charge in [-0.1, -0.05) is 19.8 Å². The van der Waals surface area contributed by atoms with Crippen LogP contribution < -0.4 is 15.0 Å². The van der Waals surface area contributed by atoms with Crippen molar-refractivity contribution in [2.75, 3.05) is 43.5 Å².